The van der Waals surface area contributed by atoms with Crippen LogP contribution in [0.2, 0.25) is 13.1 Å². The van der Waals surface area contributed by atoms with Crippen LogP contribution in [-0.2, 0) is 0 Å². The van der Waals surface area contributed by atoms with Crippen LogP contribution >= 0.6 is 0 Å². The topological polar surface area (TPSA) is 6.48 Å². The van der Waals surface area contributed by atoms with Crippen molar-refractivity contribution in [3.8, 4) is 11.1 Å². The molecule has 0 N–H and O–H groups in total. The predicted octanol–water partition coefficient (Wildman–Crippen LogP) is 12.9. The monoisotopic (exact) mass is 694 g/mol. The lowest BCUT2D eigenvalue weighted by Crippen LogP contribution is -2.56. The quantitative estimate of drug-likeness (QED) is 0.160. The van der Waals surface area contributed by atoms with Crippen LogP contribution in [-0.4, -0.2) is 8.07 Å². The molecule has 3 heteroatoms. The summed E-state index contributed by atoms with van der Waals surface area (Å²) in [6, 6.07) is 71.4. The van der Waals surface area contributed by atoms with Crippen molar-refractivity contribution in [3.63, 3.8) is 0 Å². The van der Waals surface area contributed by atoms with Gasteiger partial charge in [0.05, 0.1) is 5.69 Å². The van der Waals surface area contributed by atoms with Crippen LogP contribution in [0.1, 0.15) is 0 Å². The van der Waals surface area contributed by atoms with E-state index in [1.54, 1.807) is 0 Å². The number of rotatable bonds is 6. The molecule has 0 saturated heterocycles. The molecular formula is C50H38N2Si. The van der Waals surface area contributed by atoms with Crippen LogP contribution in [0.25, 0.3) is 43.4 Å². The molecule has 9 aromatic rings. The maximum absolute atomic E-state index is 2.53. The molecule has 1 heterocycles. The van der Waals surface area contributed by atoms with Crippen LogP contribution in [0.4, 0.5) is 34.1 Å². The van der Waals surface area contributed by atoms with E-state index in [2.05, 4.69) is 217 Å². The van der Waals surface area contributed by atoms with Gasteiger partial charge in [0.1, 0.15) is 8.07 Å². The molecule has 0 saturated carbocycles. The molecule has 0 fully saturated rings. The van der Waals surface area contributed by atoms with E-state index in [0.717, 1.165) is 22.7 Å². The minimum absolute atomic E-state index is 1.15. The summed E-state index contributed by atoms with van der Waals surface area (Å²) >= 11 is 0. The molecule has 1 aliphatic heterocycles. The Labute approximate surface area is 311 Å². The smallest absolute Gasteiger partial charge is 0.113 e. The first-order valence-electron chi connectivity index (χ1n) is 18.4. The summed E-state index contributed by atoms with van der Waals surface area (Å²) in [5, 5.41) is 10.6. The summed E-state index contributed by atoms with van der Waals surface area (Å²) in [7, 11) is -2.18. The zero-order chi connectivity index (χ0) is 35.5. The molecule has 0 bridgehead atoms. The maximum atomic E-state index is 2.53. The lowest BCUT2D eigenvalue weighted by Gasteiger charge is -2.36. The van der Waals surface area contributed by atoms with E-state index in [9.17, 15) is 0 Å². The third kappa shape index (κ3) is 5.15. The molecule has 0 amide bonds. The first-order chi connectivity index (χ1) is 26.0. The Morgan fingerprint density at radius 1 is 0.340 bits per heavy atom. The van der Waals surface area contributed by atoms with Crippen molar-refractivity contribution in [2.75, 3.05) is 9.80 Å². The maximum Gasteiger partial charge on any atom is 0.113 e. The van der Waals surface area contributed by atoms with Gasteiger partial charge in [-0.05, 0) is 115 Å². The van der Waals surface area contributed by atoms with Gasteiger partial charge in [0.15, 0.2) is 0 Å². The van der Waals surface area contributed by atoms with E-state index in [-0.39, 0.29) is 0 Å². The molecular weight excluding hydrogens is 657 g/mol. The number of anilines is 6. The second kappa shape index (κ2) is 12.4. The van der Waals surface area contributed by atoms with Crippen molar-refractivity contribution < 1.29 is 0 Å². The van der Waals surface area contributed by atoms with Crippen molar-refractivity contribution in [1.29, 1.82) is 0 Å². The molecule has 1 aliphatic rings. The molecule has 0 radical (unpaired) electrons. The summed E-state index contributed by atoms with van der Waals surface area (Å²) in [5.74, 6) is 0. The van der Waals surface area contributed by atoms with Crippen LogP contribution in [0.3, 0.4) is 0 Å². The number of benzene rings is 9. The highest BCUT2D eigenvalue weighted by atomic mass is 28.3. The Hall–Kier alpha value is -6.42. The molecule has 9 aromatic carbocycles. The summed E-state index contributed by atoms with van der Waals surface area (Å²) in [6.07, 6.45) is 0. The molecule has 252 valence electrons. The molecule has 0 unspecified atom stereocenters. The van der Waals surface area contributed by atoms with Gasteiger partial charge in [0.25, 0.3) is 0 Å². The first kappa shape index (κ1) is 31.3. The third-order valence-corrected chi connectivity index (χ3v) is 14.7. The molecule has 0 atom stereocenters. The van der Waals surface area contributed by atoms with E-state index in [4.69, 9.17) is 0 Å². The van der Waals surface area contributed by atoms with Crippen LogP contribution in [0, 0.1) is 0 Å². The largest absolute Gasteiger partial charge is 0.310 e. The average molecular weight is 695 g/mol. The van der Waals surface area contributed by atoms with Gasteiger partial charge in [0, 0.05) is 33.8 Å². The number of hydrogen-bond acceptors (Lipinski definition) is 2. The Morgan fingerprint density at radius 3 is 1.49 bits per heavy atom. The highest BCUT2D eigenvalue weighted by Gasteiger charge is 2.37. The zero-order valence-electron chi connectivity index (χ0n) is 29.9. The Morgan fingerprint density at radius 2 is 0.849 bits per heavy atom. The molecule has 53 heavy (non-hydrogen) atoms. The minimum Gasteiger partial charge on any atom is -0.310 e. The Balaban J connectivity index is 1.16. The molecule has 0 aliphatic carbocycles. The lowest BCUT2D eigenvalue weighted by atomic mass is 9.95. The van der Waals surface area contributed by atoms with Crippen molar-refractivity contribution in [3.05, 3.63) is 194 Å². The summed E-state index contributed by atoms with van der Waals surface area (Å²) in [6.45, 7) is 5.06. The van der Waals surface area contributed by atoms with Gasteiger partial charge in [-0.25, -0.2) is 0 Å². The van der Waals surface area contributed by atoms with Gasteiger partial charge in [-0.1, -0.05) is 140 Å². The van der Waals surface area contributed by atoms with Gasteiger partial charge in [-0.2, -0.15) is 0 Å². The molecule has 10 rings (SSSR count). The van der Waals surface area contributed by atoms with Crippen molar-refractivity contribution in [1.82, 2.24) is 0 Å². The lowest BCUT2D eigenvalue weighted by molar-refractivity contribution is 1.29. The van der Waals surface area contributed by atoms with Crippen molar-refractivity contribution >= 4 is 84.9 Å². The van der Waals surface area contributed by atoms with Gasteiger partial charge < -0.3 is 9.80 Å². The van der Waals surface area contributed by atoms with Gasteiger partial charge in [-0.3, -0.25) is 0 Å². The standard InChI is InChI=1S/C50H38N2Si/c1-53(2)48-23-13-22-46-47(52(40-20-7-4-8-21-40)42-27-25-36-15-10-12-17-38(36)33-42)31-30-45(50(46)48)44-29-28-43(34-49(44)53)51(39-18-5-3-6-19-39)41-26-24-35-14-9-11-16-37(35)32-41/h3-34H,1-2H3. The van der Waals surface area contributed by atoms with Crippen LogP contribution in [0.15, 0.2) is 194 Å². The predicted molar refractivity (Wildman–Crippen MR) is 231 cm³/mol. The van der Waals surface area contributed by atoms with Gasteiger partial charge >= 0.3 is 0 Å². The fraction of sp³-hybridized carbons (Fsp3) is 0.0400. The molecule has 0 aromatic heterocycles. The fourth-order valence-corrected chi connectivity index (χ4v) is 11.7. The van der Waals surface area contributed by atoms with E-state index in [1.165, 1.54) is 65.2 Å². The third-order valence-electron chi connectivity index (χ3n) is 11.2. The first-order valence-corrected chi connectivity index (χ1v) is 21.4. The molecule has 2 nitrogen and oxygen atoms in total. The van der Waals surface area contributed by atoms with E-state index in [1.807, 2.05) is 0 Å². The number of para-hydroxylation sites is 2. The zero-order valence-corrected chi connectivity index (χ0v) is 30.9. The fourth-order valence-electron chi connectivity index (χ4n) is 8.56. The average Bonchev–Trinajstić information content (AvgIpc) is 3.21. The second-order valence-electron chi connectivity index (χ2n) is 14.6. The number of fused-ring (bicyclic) bond motifs is 4. The van der Waals surface area contributed by atoms with Crippen LogP contribution < -0.4 is 20.2 Å². The van der Waals surface area contributed by atoms with Gasteiger partial charge in [0.2, 0.25) is 0 Å². The van der Waals surface area contributed by atoms with E-state index in [0.29, 0.717) is 0 Å². The SMILES string of the molecule is C[Si]1(C)c2cc(N(c3ccccc3)c3ccc4ccccc4c3)ccc2-c2ccc(N(c3ccccc3)c3ccc4ccccc4c3)c3cccc1c23. The molecule has 0 spiro atoms. The Kier molecular flexibility index (Phi) is 7.31. The van der Waals surface area contributed by atoms with E-state index >= 15 is 0 Å². The summed E-state index contributed by atoms with van der Waals surface area (Å²) in [5.41, 5.74) is 9.67. The minimum atomic E-state index is -2.18. The Bertz CT molecular complexity index is 2830. The van der Waals surface area contributed by atoms with E-state index < -0.39 is 8.07 Å². The highest BCUT2D eigenvalue weighted by molar-refractivity contribution is 7.03. The number of nitrogens with zero attached hydrogens (tertiary/aromatic N) is 2. The van der Waals surface area contributed by atoms with Crippen molar-refractivity contribution in [2.45, 2.75) is 13.1 Å². The number of hydrogen-bond donors (Lipinski definition) is 0. The summed E-state index contributed by atoms with van der Waals surface area (Å²) in [4.78, 5) is 4.85. The second-order valence-corrected chi connectivity index (χ2v) is 18.9. The van der Waals surface area contributed by atoms with Crippen molar-refractivity contribution in [2.24, 2.45) is 0 Å². The highest BCUT2D eigenvalue weighted by Crippen LogP contribution is 2.45. The summed E-state index contributed by atoms with van der Waals surface area (Å²) < 4.78 is 0. The van der Waals surface area contributed by atoms with Gasteiger partial charge in [-0.15, -0.1) is 0 Å². The normalized spacial score (nSPS) is 12.9. The van der Waals surface area contributed by atoms with Crippen LogP contribution in [0.5, 0.6) is 0 Å².